The van der Waals surface area contributed by atoms with E-state index in [9.17, 15) is 24.0 Å². The van der Waals surface area contributed by atoms with Gasteiger partial charge in [0, 0.05) is 18.9 Å². The minimum absolute atomic E-state index is 0.000609. The van der Waals surface area contributed by atoms with Crippen LogP contribution < -0.4 is 14.8 Å². The fraction of sp³-hybridized carbons (Fsp3) is 0.500. The van der Waals surface area contributed by atoms with Crippen molar-refractivity contribution in [3.63, 3.8) is 0 Å². The van der Waals surface area contributed by atoms with E-state index in [2.05, 4.69) is 10.3 Å². The van der Waals surface area contributed by atoms with Crippen molar-refractivity contribution in [2.45, 2.75) is 58.8 Å². The van der Waals surface area contributed by atoms with Gasteiger partial charge in [0.1, 0.15) is 18.6 Å². The molecule has 0 spiro atoms. The molecule has 1 saturated heterocycles. The van der Waals surface area contributed by atoms with E-state index in [0.717, 1.165) is 5.56 Å². The molecule has 2 heterocycles. The lowest BCUT2D eigenvalue weighted by Gasteiger charge is -2.29. The van der Waals surface area contributed by atoms with E-state index in [-0.39, 0.29) is 36.6 Å². The van der Waals surface area contributed by atoms with Gasteiger partial charge in [0.2, 0.25) is 6.79 Å². The third-order valence-electron chi connectivity index (χ3n) is 6.85. The normalized spacial score (nSPS) is 19.9. The van der Waals surface area contributed by atoms with Crippen molar-refractivity contribution in [2.75, 3.05) is 33.7 Å². The van der Waals surface area contributed by atoms with Crippen molar-refractivity contribution in [2.24, 2.45) is 11.8 Å². The molecular formula is C32H40N2O12. The van der Waals surface area contributed by atoms with Crippen LogP contribution >= 0.6 is 0 Å². The standard InChI is InChI=1S/C32H40N2O12/c1-6-41-15-13-25(35)43-18-44-28-24(40-5)12-14-33-26(28)29(36)34-23-17-42-31(38)22(16-21-10-8-7-9-11-21)27(20(4)45-32(23)39)46-30(37)19(2)3/h7-12,14,19-20,22-23,27H,6,13,15-18H2,1-5H3,(H,34,36). The van der Waals surface area contributed by atoms with E-state index in [4.69, 9.17) is 33.2 Å². The van der Waals surface area contributed by atoms with Crippen LogP contribution in [-0.2, 0) is 49.3 Å². The molecule has 46 heavy (non-hydrogen) atoms. The Labute approximate surface area is 267 Å². The zero-order valence-electron chi connectivity index (χ0n) is 26.5. The maximum atomic E-state index is 13.4. The third kappa shape index (κ3) is 10.2. The molecule has 2 aromatic rings. The van der Waals surface area contributed by atoms with Crippen LogP contribution in [-0.4, -0.2) is 86.7 Å². The highest BCUT2D eigenvalue weighted by Crippen LogP contribution is 2.30. The number of hydrogen-bond acceptors (Lipinski definition) is 13. The van der Waals surface area contributed by atoms with Gasteiger partial charge in [-0.05, 0) is 25.8 Å². The van der Waals surface area contributed by atoms with E-state index in [1.165, 1.54) is 26.3 Å². The molecule has 0 saturated carbocycles. The molecule has 0 aliphatic carbocycles. The van der Waals surface area contributed by atoms with Gasteiger partial charge < -0.3 is 38.5 Å². The average molecular weight is 645 g/mol. The average Bonchev–Trinajstić information content (AvgIpc) is 3.07. The highest BCUT2D eigenvalue weighted by molar-refractivity contribution is 5.98. The summed E-state index contributed by atoms with van der Waals surface area (Å²) in [5, 5.41) is 2.46. The molecule has 1 N–H and O–H groups in total. The van der Waals surface area contributed by atoms with Crippen molar-refractivity contribution in [3.05, 3.63) is 53.9 Å². The summed E-state index contributed by atoms with van der Waals surface area (Å²) in [4.78, 5) is 68.7. The first-order valence-corrected chi connectivity index (χ1v) is 14.9. The number of cyclic esters (lactones) is 2. The molecular weight excluding hydrogens is 604 g/mol. The molecule has 1 aliphatic rings. The van der Waals surface area contributed by atoms with Gasteiger partial charge in [-0.3, -0.25) is 19.2 Å². The summed E-state index contributed by atoms with van der Waals surface area (Å²) in [7, 11) is 1.34. The predicted molar refractivity (Wildman–Crippen MR) is 160 cm³/mol. The van der Waals surface area contributed by atoms with Crippen molar-refractivity contribution < 1.29 is 57.1 Å². The van der Waals surface area contributed by atoms with Crippen molar-refractivity contribution >= 4 is 29.8 Å². The Morgan fingerprint density at radius 3 is 2.50 bits per heavy atom. The van der Waals surface area contributed by atoms with Crippen LogP contribution in [0.5, 0.6) is 11.5 Å². The first-order chi connectivity index (χ1) is 22.0. The molecule has 14 nitrogen and oxygen atoms in total. The first-order valence-electron chi connectivity index (χ1n) is 14.9. The summed E-state index contributed by atoms with van der Waals surface area (Å²) in [6.45, 7) is 6.05. The molecule has 4 unspecified atom stereocenters. The van der Waals surface area contributed by atoms with Gasteiger partial charge >= 0.3 is 23.9 Å². The monoisotopic (exact) mass is 644 g/mol. The van der Waals surface area contributed by atoms with Gasteiger partial charge in [0.15, 0.2) is 29.3 Å². The Kier molecular flexibility index (Phi) is 13.7. The lowest BCUT2D eigenvalue weighted by Crippen LogP contribution is -2.47. The number of pyridine rings is 1. The molecule has 14 heteroatoms. The molecule has 0 radical (unpaired) electrons. The molecule has 250 valence electrons. The Morgan fingerprint density at radius 2 is 1.83 bits per heavy atom. The van der Waals surface area contributed by atoms with Crippen LogP contribution in [0.15, 0.2) is 42.6 Å². The Bertz CT molecular complexity index is 1350. The maximum Gasteiger partial charge on any atom is 0.332 e. The topological polar surface area (TPSA) is 175 Å². The van der Waals surface area contributed by atoms with E-state index >= 15 is 0 Å². The molecule has 0 bridgehead atoms. The number of carbonyl (C=O) groups is 5. The van der Waals surface area contributed by atoms with Gasteiger partial charge in [0.05, 0.1) is 26.1 Å². The predicted octanol–water partition coefficient (Wildman–Crippen LogP) is 2.41. The highest BCUT2D eigenvalue weighted by atomic mass is 16.7. The Balaban J connectivity index is 1.80. The zero-order valence-corrected chi connectivity index (χ0v) is 26.5. The van der Waals surface area contributed by atoms with E-state index in [1.54, 1.807) is 32.9 Å². The van der Waals surface area contributed by atoms with Crippen LogP contribution in [0.25, 0.3) is 0 Å². The number of carbonyl (C=O) groups excluding carboxylic acids is 5. The van der Waals surface area contributed by atoms with Crippen LogP contribution in [0.4, 0.5) is 0 Å². The number of nitrogens with one attached hydrogen (secondary N) is 1. The minimum Gasteiger partial charge on any atom is -0.493 e. The summed E-state index contributed by atoms with van der Waals surface area (Å²) >= 11 is 0. The largest absolute Gasteiger partial charge is 0.493 e. The fourth-order valence-corrected chi connectivity index (χ4v) is 4.40. The molecule has 4 atom stereocenters. The van der Waals surface area contributed by atoms with Gasteiger partial charge in [0.25, 0.3) is 5.91 Å². The molecule has 1 amide bonds. The zero-order chi connectivity index (χ0) is 33.6. The number of methoxy groups -OCH3 is 1. The number of hydrogen-bond donors (Lipinski definition) is 1. The molecule has 3 rings (SSSR count). The van der Waals surface area contributed by atoms with Crippen molar-refractivity contribution in [1.29, 1.82) is 0 Å². The Hall–Kier alpha value is -4.72. The van der Waals surface area contributed by atoms with Crippen molar-refractivity contribution in [1.82, 2.24) is 10.3 Å². The number of amides is 1. The third-order valence-corrected chi connectivity index (χ3v) is 6.85. The smallest absolute Gasteiger partial charge is 0.332 e. The van der Waals surface area contributed by atoms with E-state index in [1.807, 2.05) is 18.2 Å². The summed E-state index contributed by atoms with van der Waals surface area (Å²) in [6.07, 6.45) is -0.837. The number of aromatic nitrogens is 1. The van der Waals surface area contributed by atoms with Crippen molar-refractivity contribution in [3.8, 4) is 11.5 Å². The van der Waals surface area contributed by atoms with Gasteiger partial charge in [-0.2, -0.15) is 0 Å². The van der Waals surface area contributed by atoms with Gasteiger partial charge in [-0.25, -0.2) is 9.78 Å². The summed E-state index contributed by atoms with van der Waals surface area (Å²) in [6, 6.07) is 9.00. The van der Waals surface area contributed by atoms with Crippen LogP contribution in [0.1, 0.15) is 50.2 Å². The second-order valence-corrected chi connectivity index (χ2v) is 10.6. The summed E-state index contributed by atoms with van der Waals surface area (Å²) < 4.78 is 37.8. The van der Waals surface area contributed by atoms with E-state index in [0.29, 0.717) is 6.61 Å². The number of rotatable bonds is 14. The first kappa shape index (κ1) is 35.8. The minimum atomic E-state index is -1.46. The number of esters is 4. The van der Waals surface area contributed by atoms with Gasteiger partial charge in [-0.1, -0.05) is 44.2 Å². The molecule has 1 fully saturated rings. The highest BCUT2D eigenvalue weighted by Gasteiger charge is 2.42. The quantitative estimate of drug-likeness (QED) is 0.138. The Morgan fingerprint density at radius 1 is 1.09 bits per heavy atom. The van der Waals surface area contributed by atoms with Crippen LogP contribution in [0.2, 0.25) is 0 Å². The lowest BCUT2D eigenvalue weighted by atomic mass is 9.91. The summed E-state index contributed by atoms with van der Waals surface area (Å²) in [5.41, 5.74) is 0.469. The second-order valence-electron chi connectivity index (χ2n) is 10.6. The molecule has 1 aromatic heterocycles. The molecule has 1 aromatic carbocycles. The van der Waals surface area contributed by atoms with Crippen LogP contribution in [0, 0.1) is 11.8 Å². The summed E-state index contributed by atoms with van der Waals surface area (Å²) in [5.74, 6) is -5.34. The number of nitrogens with zero attached hydrogens (tertiary/aromatic N) is 1. The maximum absolute atomic E-state index is 13.4. The van der Waals surface area contributed by atoms with Gasteiger partial charge in [-0.15, -0.1) is 0 Å². The molecule has 1 aliphatic heterocycles. The second kappa shape index (κ2) is 17.7. The van der Waals surface area contributed by atoms with Crippen LogP contribution in [0.3, 0.4) is 0 Å². The lowest BCUT2D eigenvalue weighted by molar-refractivity contribution is -0.176. The number of ether oxygens (including phenoxy) is 7. The number of benzene rings is 1. The van der Waals surface area contributed by atoms with E-state index < -0.39 is 73.3 Å². The fourth-order valence-electron chi connectivity index (χ4n) is 4.40. The SMILES string of the molecule is CCOCCC(=O)OCOc1c(OC)ccnc1C(=O)NC1COC(=O)C(Cc2ccccc2)C(OC(=O)C(C)C)C(C)OC1=O.